The van der Waals surface area contributed by atoms with Gasteiger partial charge in [0.05, 0.1) is 74.6 Å². The van der Waals surface area contributed by atoms with Crippen LogP contribution in [0.15, 0.2) is 159 Å². The number of aromatic nitrogens is 2. The van der Waals surface area contributed by atoms with Crippen molar-refractivity contribution in [1.29, 1.82) is 0 Å². The highest BCUT2D eigenvalue weighted by atomic mass is 35.5. The van der Waals surface area contributed by atoms with Crippen molar-refractivity contribution >= 4 is 96.7 Å². The lowest BCUT2D eigenvalue weighted by molar-refractivity contribution is -0.142. The van der Waals surface area contributed by atoms with E-state index in [1.54, 1.807) is 105 Å². The topological polar surface area (TPSA) is 380 Å². The van der Waals surface area contributed by atoms with Crippen LogP contribution in [0.4, 0.5) is 19.2 Å². The summed E-state index contributed by atoms with van der Waals surface area (Å²) in [5, 5.41) is 10.2. The summed E-state index contributed by atoms with van der Waals surface area (Å²) in [5.41, 5.74) is 3.24. The number of ether oxygens (including phenoxy) is 10. The standard InChI is InChI=1S/C48H63N4O15P.C47H54ClN4O9P/c1-10-32-25-48(32,68(58,62-27-60-45(56)64-29(2)3)63-28-61-46(57)65-30(4)5)51-42(53)39-23-35(26-52(39)43(54)41(47(6,7)8)50-44(55)67-33-18-14-15-19-33)66-40-24-37(31-16-12-11-13-17-31)49-38-22-34(59-9)20-21-36(38)40;1-6-31-27-47(31,62(56)58-22-21-40(61-62)30-15-12-16-32(48)23-30)51-43(53)39-25-35(28-52(39)44(54)42(46(2,3)4)50-45(55)60-33-17-10-11-18-33)59-41-26-37(29-13-8-7-9-14-29)49-38-24-34(57-5)19-20-36(38)41/h10-13,16-17,20-22,24,29-30,32-33,35,39,41H,1,14-15,18-19,23,25-28H2,2-9H3,(H,50,55)(H,51,53);6-9,12-16,19-20,23-24,26,31,33,35,39-40,42H,1,10-11,17-18,21-22,25,27-28H2,2-5H3,(H,50,55)(H,51,53)/t32-,35-,39+,41-,48+;31-,35-,39+,40+,42-,47+,62?/m11/s1. The molecule has 4 saturated carbocycles. The van der Waals surface area contributed by atoms with Crippen LogP contribution in [0.2, 0.25) is 5.02 Å². The molecule has 7 aromatic rings. The Labute approximate surface area is 761 Å². The minimum atomic E-state index is -4.71. The molecule has 2 aromatic heterocycles. The Hall–Kier alpha value is -10.9. The zero-order chi connectivity index (χ0) is 93.2. The van der Waals surface area contributed by atoms with Gasteiger partial charge in [-0.2, -0.15) is 0 Å². The molecule has 35 heteroatoms. The molecule has 3 aliphatic heterocycles. The van der Waals surface area contributed by atoms with Crippen LogP contribution in [0.5, 0.6) is 23.0 Å². The molecule has 6 amide bonds. The van der Waals surface area contributed by atoms with E-state index in [2.05, 4.69) is 34.4 Å². The van der Waals surface area contributed by atoms with Crippen LogP contribution in [0.3, 0.4) is 0 Å². The zero-order valence-electron chi connectivity index (χ0n) is 75.4. The highest BCUT2D eigenvalue weighted by Crippen LogP contribution is 2.76. The number of fused-ring (bicyclic) bond motifs is 2. The second-order valence-electron chi connectivity index (χ2n) is 36.3. The minimum absolute atomic E-state index is 0.00286. The Kier molecular flexibility index (Phi) is 30.7. The number of alkyl carbamates (subject to hydrolysis) is 2. The van der Waals surface area contributed by atoms with Crippen LogP contribution in [-0.4, -0.2) is 187 Å². The first-order valence-corrected chi connectivity index (χ1v) is 47.5. The first-order valence-electron chi connectivity index (χ1n) is 44.1. The maximum absolute atomic E-state index is 15.0. The van der Waals surface area contributed by atoms with Crippen molar-refractivity contribution in [3.63, 3.8) is 0 Å². The van der Waals surface area contributed by atoms with E-state index in [4.69, 9.17) is 87.0 Å². The Bertz CT molecular complexity index is 5360. The number of nitrogens with zero attached hydrogens (tertiary/aromatic N) is 4. The summed E-state index contributed by atoms with van der Waals surface area (Å²) >= 11 is 6.31. The van der Waals surface area contributed by atoms with Crippen molar-refractivity contribution in [3.8, 4) is 45.5 Å². The second-order valence-corrected chi connectivity index (χ2v) is 41.3. The number of carbonyl (C=O) groups is 8. The summed E-state index contributed by atoms with van der Waals surface area (Å²) < 4.78 is 110. The monoisotopic (exact) mass is 1850 g/mol. The van der Waals surface area contributed by atoms with Crippen LogP contribution < -0.4 is 40.2 Å². The molecule has 130 heavy (non-hydrogen) atoms. The number of carbonyl (C=O) groups excluding carboxylic acids is 8. The highest BCUT2D eigenvalue weighted by molar-refractivity contribution is 7.56. The summed E-state index contributed by atoms with van der Waals surface area (Å²) in [7, 11) is -5.61. The number of hydrogen-bond acceptors (Lipinski definition) is 26. The molecule has 7 aliphatic rings. The first-order chi connectivity index (χ1) is 61.9. The minimum Gasteiger partial charge on any atom is -0.497 e. The average molecular weight is 1850 g/mol. The molecule has 5 heterocycles. The number of nitrogens with one attached hydrogen (secondary N) is 4. The summed E-state index contributed by atoms with van der Waals surface area (Å²) in [6, 6.07) is 36.3. The molecule has 3 saturated heterocycles. The van der Waals surface area contributed by atoms with Gasteiger partial charge in [0.2, 0.25) is 37.2 Å². The quantitative estimate of drug-likeness (QED) is 0.0103. The van der Waals surface area contributed by atoms with Gasteiger partial charge in [-0.3, -0.25) is 41.9 Å². The van der Waals surface area contributed by atoms with E-state index < -0.39 is 165 Å². The molecule has 0 bridgehead atoms. The molecule has 698 valence electrons. The fourth-order valence-corrected chi connectivity index (χ4v) is 22.0. The lowest BCUT2D eigenvalue weighted by atomic mass is 9.85. The average Bonchev–Trinajstić information content (AvgIpc) is 1.55. The number of hydrogen-bond donors (Lipinski definition) is 4. The van der Waals surface area contributed by atoms with E-state index >= 15 is 14.2 Å². The molecule has 5 aromatic carbocycles. The molecular formula is C95H117ClN8O24P2. The van der Waals surface area contributed by atoms with Crippen LogP contribution in [-0.2, 0) is 74.8 Å². The zero-order valence-corrected chi connectivity index (χ0v) is 77.9. The smallest absolute Gasteiger partial charge is 0.497 e. The lowest BCUT2D eigenvalue weighted by Gasteiger charge is -2.37. The first kappa shape index (κ1) is 96.7. The molecule has 12 atom stereocenters. The summed E-state index contributed by atoms with van der Waals surface area (Å²) in [6.07, 6.45) is 3.08. The summed E-state index contributed by atoms with van der Waals surface area (Å²) in [6.45, 7) is 23.2. The van der Waals surface area contributed by atoms with Crippen molar-refractivity contribution in [3.05, 3.63) is 169 Å². The highest BCUT2D eigenvalue weighted by Gasteiger charge is 2.71. The molecule has 14 rings (SSSR count). The van der Waals surface area contributed by atoms with Crippen molar-refractivity contribution in [2.45, 2.75) is 230 Å². The molecule has 0 radical (unpaired) electrons. The van der Waals surface area contributed by atoms with E-state index in [1.807, 2.05) is 118 Å². The van der Waals surface area contributed by atoms with Gasteiger partial charge < -0.3 is 83.0 Å². The van der Waals surface area contributed by atoms with Gasteiger partial charge in [-0.25, -0.2) is 29.1 Å². The summed E-state index contributed by atoms with van der Waals surface area (Å²) in [5.74, 6) is -1.47. The van der Waals surface area contributed by atoms with Gasteiger partial charge in [0, 0.05) is 82.3 Å². The second kappa shape index (κ2) is 41.3. The maximum Gasteiger partial charge on any atom is 0.510 e. The Morgan fingerprint density at radius 3 is 1.44 bits per heavy atom. The Balaban J connectivity index is 0.000000222. The number of rotatable bonds is 31. The van der Waals surface area contributed by atoms with E-state index in [0.717, 1.165) is 55.2 Å². The van der Waals surface area contributed by atoms with E-state index in [0.29, 0.717) is 80.5 Å². The molecule has 4 N–H and O–H groups in total. The number of amides is 6. The molecule has 0 spiro atoms. The van der Waals surface area contributed by atoms with Gasteiger partial charge in [0.1, 0.15) is 82.1 Å². The van der Waals surface area contributed by atoms with Crippen LogP contribution in [0.1, 0.15) is 164 Å². The number of halogens is 1. The molecule has 7 fully saturated rings. The third-order valence-electron chi connectivity index (χ3n) is 24.1. The largest absolute Gasteiger partial charge is 0.510 e. The predicted octanol–water partition coefficient (Wildman–Crippen LogP) is 18.0. The van der Waals surface area contributed by atoms with Crippen molar-refractivity contribution in [1.82, 2.24) is 41.0 Å². The fraction of sp³-hybridized carbons (Fsp3) is 0.495. The summed E-state index contributed by atoms with van der Waals surface area (Å²) in [4.78, 5) is 124. The predicted molar refractivity (Wildman–Crippen MR) is 483 cm³/mol. The van der Waals surface area contributed by atoms with E-state index in [-0.39, 0.29) is 57.6 Å². The number of benzene rings is 5. The maximum atomic E-state index is 15.0. The third kappa shape index (κ3) is 22.8. The van der Waals surface area contributed by atoms with E-state index in [9.17, 15) is 33.3 Å². The van der Waals surface area contributed by atoms with Crippen molar-refractivity contribution in [2.75, 3.05) is 47.5 Å². The van der Waals surface area contributed by atoms with Gasteiger partial charge in [-0.15, -0.1) is 13.2 Å². The normalized spacial score (nSPS) is 23.7. The molecule has 32 nitrogen and oxygen atoms in total. The lowest BCUT2D eigenvalue weighted by Crippen LogP contribution is -2.58. The Morgan fingerprint density at radius 2 is 1.03 bits per heavy atom. The van der Waals surface area contributed by atoms with Gasteiger partial charge in [-0.05, 0) is 145 Å². The third-order valence-corrected chi connectivity index (χ3v) is 29.5. The fourth-order valence-electron chi connectivity index (χ4n) is 17.1. The SMILES string of the molecule is C=C[C@@H]1C[C@]1(NC(=O)[C@@H]1C[C@@H](Oc2cc(-c3ccccc3)nc3cc(OC)ccc23)CN1C(=O)[C@@H](NC(=O)OC1CCCC1)C(C)(C)C)P(=O)(OCOC(=O)OC(C)C)OCOC(=O)OC(C)C.C=C[C@@H]1C[C@]1(NC(=O)[C@@H]1C[C@@H](Oc2cc(-c3ccccc3)nc3cc(OC)ccc23)CN1C(=O)[C@@H](NC(=O)OC1CCCC1)C(C)(C)C)P1(=O)OCC[C@@H](c2cccc(Cl)c2)O1. The van der Waals surface area contributed by atoms with Crippen LogP contribution in [0, 0.1) is 22.7 Å². The van der Waals surface area contributed by atoms with Gasteiger partial charge in [0.25, 0.3) is 0 Å². The van der Waals surface area contributed by atoms with E-state index in [1.165, 1.54) is 15.9 Å². The Morgan fingerprint density at radius 1 is 0.577 bits per heavy atom. The number of likely N-dealkylation sites (tertiary alicyclic amines) is 2. The van der Waals surface area contributed by atoms with Crippen LogP contribution in [0.25, 0.3) is 44.3 Å². The molecular weight excluding hydrogens is 1730 g/mol. The van der Waals surface area contributed by atoms with Gasteiger partial charge in [0.15, 0.2) is 0 Å². The van der Waals surface area contributed by atoms with Crippen LogP contribution >= 0.6 is 26.8 Å². The number of methoxy groups -OCH3 is 2. The van der Waals surface area contributed by atoms with Crippen molar-refractivity contribution in [2.24, 2.45) is 22.7 Å². The number of pyridine rings is 2. The van der Waals surface area contributed by atoms with Gasteiger partial charge >= 0.3 is 39.7 Å². The van der Waals surface area contributed by atoms with Crippen molar-refractivity contribution < 1.29 is 113 Å². The van der Waals surface area contributed by atoms with Gasteiger partial charge in [-0.1, -0.05) is 138 Å². The molecule has 4 aliphatic carbocycles. The molecule has 1 unspecified atom stereocenters.